The van der Waals surface area contributed by atoms with Crippen LogP contribution in [0.15, 0.2) is 24.3 Å². The highest BCUT2D eigenvalue weighted by Crippen LogP contribution is 2.16. The van der Waals surface area contributed by atoms with E-state index in [0.29, 0.717) is 0 Å². The molecule has 0 bridgehead atoms. The standard InChI is InChI=1S/C10H14FNO2/c1-10(13,6-12)7-14-9-5-3-2-4-8(9)11/h2-5,13H,6-7,12H2,1H3. The largest absolute Gasteiger partial charge is 0.487 e. The maximum atomic E-state index is 13.0. The van der Waals surface area contributed by atoms with Gasteiger partial charge in [-0.25, -0.2) is 4.39 Å². The molecule has 0 saturated heterocycles. The quantitative estimate of drug-likeness (QED) is 0.758. The summed E-state index contributed by atoms with van der Waals surface area (Å²) in [6.07, 6.45) is 0. The van der Waals surface area contributed by atoms with E-state index in [9.17, 15) is 9.50 Å². The minimum absolute atomic E-state index is 0.0234. The van der Waals surface area contributed by atoms with Crippen LogP contribution in [-0.2, 0) is 0 Å². The lowest BCUT2D eigenvalue weighted by Gasteiger charge is -2.21. The minimum atomic E-state index is -1.12. The Morgan fingerprint density at radius 2 is 2.14 bits per heavy atom. The van der Waals surface area contributed by atoms with Gasteiger partial charge in [-0.15, -0.1) is 0 Å². The van der Waals surface area contributed by atoms with E-state index >= 15 is 0 Å². The Morgan fingerprint density at radius 1 is 1.50 bits per heavy atom. The summed E-state index contributed by atoms with van der Waals surface area (Å²) in [6, 6.07) is 6.03. The molecule has 78 valence electrons. The molecule has 0 aromatic heterocycles. The Balaban J connectivity index is 2.58. The van der Waals surface area contributed by atoms with E-state index in [-0.39, 0.29) is 18.9 Å². The lowest BCUT2D eigenvalue weighted by Crippen LogP contribution is -2.40. The molecule has 0 aliphatic carbocycles. The smallest absolute Gasteiger partial charge is 0.165 e. The first-order chi connectivity index (χ1) is 6.55. The van der Waals surface area contributed by atoms with Crippen molar-refractivity contribution in [1.82, 2.24) is 0 Å². The second-order valence-corrected chi connectivity index (χ2v) is 3.42. The van der Waals surface area contributed by atoms with Gasteiger partial charge >= 0.3 is 0 Å². The molecule has 3 nitrogen and oxygen atoms in total. The summed E-state index contributed by atoms with van der Waals surface area (Å²) >= 11 is 0. The molecule has 1 aromatic rings. The van der Waals surface area contributed by atoms with Crippen LogP contribution in [0, 0.1) is 5.82 Å². The van der Waals surface area contributed by atoms with Crippen LogP contribution in [0.2, 0.25) is 0 Å². The van der Waals surface area contributed by atoms with Crippen molar-refractivity contribution in [2.45, 2.75) is 12.5 Å². The summed E-state index contributed by atoms with van der Waals surface area (Å²) in [5, 5.41) is 9.50. The van der Waals surface area contributed by atoms with Gasteiger partial charge in [0.2, 0.25) is 0 Å². The predicted molar refractivity (Wildman–Crippen MR) is 51.6 cm³/mol. The summed E-state index contributed by atoms with van der Waals surface area (Å²) < 4.78 is 18.1. The minimum Gasteiger partial charge on any atom is -0.487 e. The SMILES string of the molecule is CC(O)(CN)COc1ccccc1F. The average Bonchev–Trinajstić information content (AvgIpc) is 2.17. The number of hydrogen-bond donors (Lipinski definition) is 2. The van der Waals surface area contributed by atoms with Crippen LogP contribution >= 0.6 is 0 Å². The zero-order chi connectivity index (χ0) is 10.6. The van der Waals surface area contributed by atoms with Gasteiger partial charge < -0.3 is 15.6 Å². The molecule has 1 aromatic carbocycles. The van der Waals surface area contributed by atoms with Crippen molar-refractivity contribution >= 4 is 0 Å². The van der Waals surface area contributed by atoms with Crippen LogP contribution in [0.25, 0.3) is 0 Å². The second kappa shape index (κ2) is 4.39. The summed E-state index contributed by atoms with van der Waals surface area (Å²) in [5.74, 6) is -0.318. The maximum Gasteiger partial charge on any atom is 0.165 e. The molecule has 0 radical (unpaired) electrons. The molecule has 3 N–H and O–H groups in total. The maximum absolute atomic E-state index is 13.0. The first-order valence-electron chi connectivity index (χ1n) is 4.35. The van der Waals surface area contributed by atoms with E-state index in [1.54, 1.807) is 12.1 Å². The van der Waals surface area contributed by atoms with Crippen molar-refractivity contribution in [1.29, 1.82) is 0 Å². The highest BCUT2D eigenvalue weighted by molar-refractivity contribution is 5.23. The predicted octanol–water partition coefficient (Wildman–Crippen LogP) is 0.914. The number of ether oxygens (including phenoxy) is 1. The number of aliphatic hydroxyl groups is 1. The lowest BCUT2D eigenvalue weighted by atomic mass is 10.1. The van der Waals surface area contributed by atoms with E-state index in [1.165, 1.54) is 19.1 Å². The first kappa shape index (κ1) is 10.9. The van der Waals surface area contributed by atoms with Crippen LogP contribution in [0.4, 0.5) is 4.39 Å². The van der Waals surface area contributed by atoms with E-state index < -0.39 is 11.4 Å². The highest BCUT2D eigenvalue weighted by Gasteiger charge is 2.19. The van der Waals surface area contributed by atoms with Gasteiger partial charge in [0.15, 0.2) is 11.6 Å². The topological polar surface area (TPSA) is 55.5 Å². The molecular formula is C10H14FNO2. The number of halogens is 1. The molecule has 0 heterocycles. The molecule has 14 heavy (non-hydrogen) atoms. The molecule has 0 fully saturated rings. The van der Waals surface area contributed by atoms with Gasteiger partial charge in [0.1, 0.15) is 12.2 Å². The molecule has 1 rings (SSSR count). The van der Waals surface area contributed by atoms with Crippen molar-refractivity contribution < 1.29 is 14.2 Å². The molecular weight excluding hydrogens is 185 g/mol. The summed E-state index contributed by atoms with van der Waals surface area (Å²) in [6.45, 7) is 1.58. The normalized spacial score (nSPS) is 14.9. The van der Waals surface area contributed by atoms with Gasteiger partial charge in [0.25, 0.3) is 0 Å². The molecule has 0 spiro atoms. The average molecular weight is 199 g/mol. The fourth-order valence-corrected chi connectivity index (χ4v) is 0.854. The van der Waals surface area contributed by atoms with Gasteiger partial charge in [0, 0.05) is 6.54 Å². The van der Waals surface area contributed by atoms with Gasteiger partial charge in [-0.05, 0) is 19.1 Å². The summed E-state index contributed by atoms with van der Waals surface area (Å²) in [5.41, 5.74) is 4.16. The van der Waals surface area contributed by atoms with Crippen molar-refractivity contribution in [3.63, 3.8) is 0 Å². The summed E-state index contributed by atoms with van der Waals surface area (Å²) in [4.78, 5) is 0. The Bertz CT molecular complexity index is 302. The molecule has 1 unspecified atom stereocenters. The monoisotopic (exact) mass is 199 g/mol. The van der Waals surface area contributed by atoms with Gasteiger partial charge in [-0.2, -0.15) is 0 Å². The van der Waals surface area contributed by atoms with E-state index in [2.05, 4.69) is 0 Å². The van der Waals surface area contributed by atoms with Crippen LogP contribution in [0.3, 0.4) is 0 Å². The van der Waals surface area contributed by atoms with Crippen molar-refractivity contribution in [2.24, 2.45) is 5.73 Å². The van der Waals surface area contributed by atoms with Crippen LogP contribution in [-0.4, -0.2) is 23.9 Å². The molecule has 4 heteroatoms. The summed E-state index contributed by atoms with van der Waals surface area (Å²) in [7, 11) is 0. The number of nitrogens with two attached hydrogens (primary N) is 1. The fraction of sp³-hybridized carbons (Fsp3) is 0.400. The third-order valence-corrected chi connectivity index (χ3v) is 1.82. The van der Waals surface area contributed by atoms with Gasteiger partial charge in [-0.3, -0.25) is 0 Å². The fourth-order valence-electron chi connectivity index (χ4n) is 0.854. The van der Waals surface area contributed by atoms with Crippen molar-refractivity contribution in [3.8, 4) is 5.75 Å². The molecule has 1 atom stereocenters. The third-order valence-electron chi connectivity index (χ3n) is 1.82. The van der Waals surface area contributed by atoms with E-state index in [1.807, 2.05) is 0 Å². The Hall–Kier alpha value is -1.13. The molecule has 0 aliphatic rings. The third kappa shape index (κ3) is 2.97. The number of benzene rings is 1. The van der Waals surface area contributed by atoms with E-state index in [4.69, 9.17) is 10.5 Å². The molecule has 0 amide bonds. The number of rotatable bonds is 4. The van der Waals surface area contributed by atoms with Crippen LogP contribution < -0.4 is 10.5 Å². The van der Waals surface area contributed by atoms with Crippen LogP contribution in [0.1, 0.15) is 6.92 Å². The second-order valence-electron chi connectivity index (χ2n) is 3.42. The number of hydrogen-bond acceptors (Lipinski definition) is 3. The van der Waals surface area contributed by atoms with E-state index in [0.717, 1.165) is 0 Å². The Labute approximate surface area is 82.3 Å². The highest BCUT2D eigenvalue weighted by atomic mass is 19.1. The first-order valence-corrected chi connectivity index (χ1v) is 4.35. The van der Waals surface area contributed by atoms with Crippen molar-refractivity contribution in [3.05, 3.63) is 30.1 Å². The van der Waals surface area contributed by atoms with Gasteiger partial charge in [0.05, 0.1) is 0 Å². The zero-order valence-electron chi connectivity index (χ0n) is 8.03. The van der Waals surface area contributed by atoms with Gasteiger partial charge in [-0.1, -0.05) is 12.1 Å². The number of para-hydroxylation sites is 1. The lowest BCUT2D eigenvalue weighted by molar-refractivity contribution is 0.0183. The zero-order valence-corrected chi connectivity index (χ0v) is 8.03. The molecule has 0 aliphatic heterocycles. The van der Waals surface area contributed by atoms with Crippen molar-refractivity contribution in [2.75, 3.05) is 13.2 Å². The molecule has 0 saturated carbocycles. The Morgan fingerprint density at radius 3 is 2.71 bits per heavy atom. The Kier molecular flexibility index (Phi) is 3.43. The van der Waals surface area contributed by atoms with Crippen LogP contribution in [0.5, 0.6) is 5.75 Å².